The van der Waals surface area contributed by atoms with Crippen molar-refractivity contribution in [3.8, 4) is 0 Å². The largest absolute Gasteiger partial charge is 0.256 e. The fourth-order valence-corrected chi connectivity index (χ4v) is 6.56. The van der Waals surface area contributed by atoms with Gasteiger partial charge in [-0.05, 0) is 25.7 Å². The minimum Gasteiger partial charge on any atom is -0.234 e. The van der Waals surface area contributed by atoms with Gasteiger partial charge in [0.25, 0.3) is 5.82 Å². The summed E-state index contributed by atoms with van der Waals surface area (Å²) in [5.74, 6) is 1.59. The first-order valence-corrected chi connectivity index (χ1v) is 19.4. The van der Waals surface area contributed by atoms with Gasteiger partial charge >= 0.3 is 0 Å². The maximum atomic E-state index is 2.60. The summed E-state index contributed by atoms with van der Waals surface area (Å²) in [6, 6.07) is 0. The topological polar surface area (TPSA) is 8.81 Å². The van der Waals surface area contributed by atoms with Gasteiger partial charge in [0.05, 0.1) is 13.1 Å². The fourth-order valence-electron chi connectivity index (χ4n) is 6.56. The molecule has 0 fully saturated rings. The Bertz CT molecular complexity index is 634. The summed E-state index contributed by atoms with van der Waals surface area (Å²) in [5.41, 5.74) is 0. The third-order valence-corrected chi connectivity index (χ3v) is 9.31. The van der Waals surface area contributed by atoms with Gasteiger partial charge < -0.3 is 0 Å². The second-order valence-corrected chi connectivity index (χ2v) is 13.4. The molecule has 1 aromatic rings. The van der Waals surface area contributed by atoms with Crippen molar-refractivity contribution < 1.29 is 4.57 Å². The molecular formula is C39H77N2+. The molecule has 2 heteroatoms. The second kappa shape index (κ2) is 30.7. The van der Waals surface area contributed by atoms with Crippen LogP contribution in [0.1, 0.15) is 219 Å². The van der Waals surface area contributed by atoms with E-state index >= 15 is 0 Å². The fraction of sp³-hybridized carbons (Fsp3) is 0.923. The summed E-state index contributed by atoms with van der Waals surface area (Å²) < 4.78 is 5.15. The van der Waals surface area contributed by atoms with Crippen LogP contribution < -0.4 is 4.57 Å². The third-order valence-electron chi connectivity index (χ3n) is 9.31. The highest BCUT2D eigenvalue weighted by Crippen LogP contribution is 2.16. The van der Waals surface area contributed by atoms with E-state index in [-0.39, 0.29) is 0 Å². The maximum Gasteiger partial charge on any atom is 0.256 e. The standard InChI is InChI=1S/C39H77N2/c1-4-7-9-11-13-15-17-19-21-23-25-27-29-31-33-36-41-38-37-40(35-6-3)39(41)34-32-30-28-26-24-22-20-18-16-14-12-10-8-5-2/h37-38H,4-36H2,1-3H3/q+1. The van der Waals surface area contributed by atoms with Crippen LogP contribution in [0.5, 0.6) is 0 Å². The molecule has 0 amide bonds. The summed E-state index contributed by atoms with van der Waals surface area (Å²) in [4.78, 5) is 0. The molecule has 0 atom stereocenters. The Morgan fingerprint density at radius 1 is 0.415 bits per heavy atom. The van der Waals surface area contributed by atoms with Gasteiger partial charge in [0, 0.05) is 6.42 Å². The van der Waals surface area contributed by atoms with Crippen molar-refractivity contribution in [1.82, 2.24) is 4.57 Å². The van der Waals surface area contributed by atoms with Crippen LogP contribution in [0.3, 0.4) is 0 Å². The Labute approximate surface area is 259 Å². The Kier molecular flexibility index (Phi) is 28.6. The molecule has 0 aliphatic rings. The van der Waals surface area contributed by atoms with Crippen molar-refractivity contribution in [2.24, 2.45) is 0 Å². The number of unbranched alkanes of at least 4 members (excludes halogenated alkanes) is 27. The Balaban J connectivity index is 2.03. The Hall–Kier alpha value is -0.790. The summed E-state index contributed by atoms with van der Waals surface area (Å²) in [5, 5.41) is 0. The van der Waals surface area contributed by atoms with Crippen LogP contribution in [-0.4, -0.2) is 4.57 Å². The van der Waals surface area contributed by atoms with Gasteiger partial charge in [-0.1, -0.05) is 188 Å². The molecule has 0 aliphatic heterocycles. The van der Waals surface area contributed by atoms with Crippen molar-refractivity contribution in [2.75, 3.05) is 0 Å². The lowest BCUT2D eigenvalue weighted by atomic mass is 10.0. The summed E-state index contributed by atoms with van der Waals surface area (Å²) in [6.07, 6.45) is 49.1. The minimum atomic E-state index is 1.18. The van der Waals surface area contributed by atoms with Crippen LogP contribution in [0.2, 0.25) is 0 Å². The lowest BCUT2D eigenvalue weighted by Gasteiger charge is -2.06. The molecule has 0 aliphatic carbocycles. The third kappa shape index (κ3) is 23.4. The molecule has 41 heavy (non-hydrogen) atoms. The van der Waals surface area contributed by atoms with E-state index in [9.17, 15) is 0 Å². The molecule has 2 nitrogen and oxygen atoms in total. The van der Waals surface area contributed by atoms with E-state index in [2.05, 4.69) is 42.3 Å². The molecule has 1 aromatic heterocycles. The first-order valence-electron chi connectivity index (χ1n) is 19.4. The van der Waals surface area contributed by atoms with E-state index in [0.29, 0.717) is 0 Å². The average molecular weight is 574 g/mol. The van der Waals surface area contributed by atoms with Crippen molar-refractivity contribution in [3.05, 3.63) is 18.2 Å². The maximum absolute atomic E-state index is 2.60. The molecule has 0 saturated heterocycles. The van der Waals surface area contributed by atoms with Crippen LogP contribution in [0.15, 0.2) is 12.4 Å². The molecule has 0 radical (unpaired) electrons. The van der Waals surface area contributed by atoms with Crippen molar-refractivity contribution in [3.63, 3.8) is 0 Å². The molecule has 1 heterocycles. The molecule has 0 saturated carbocycles. The number of rotatable bonds is 33. The van der Waals surface area contributed by atoms with Crippen molar-refractivity contribution in [1.29, 1.82) is 0 Å². The highest BCUT2D eigenvalue weighted by atomic mass is 15.1. The van der Waals surface area contributed by atoms with Crippen molar-refractivity contribution in [2.45, 2.75) is 233 Å². The number of aromatic nitrogens is 2. The summed E-state index contributed by atoms with van der Waals surface area (Å²) >= 11 is 0. The number of nitrogens with zero attached hydrogens (tertiary/aromatic N) is 2. The van der Waals surface area contributed by atoms with Crippen LogP contribution in [0.25, 0.3) is 0 Å². The number of hydrogen-bond donors (Lipinski definition) is 0. The SMILES string of the molecule is CCCCCCCCCCCCCCCCCn1cc[n+](CCC)c1CCCCCCCCCCCCCCCC. The number of hydrogen-bond acceptors (Lipinski definition) is 0. The van der Waals surface area contributed by atoms with E-state index in [4.69, 9.17) is 0 Å². The van der Waals surface area contributed by atoms with E-state index < -0.39 is 0 Å². The van der Waals surface area contributed by atoms with Gasteiger partial charge in [-0.2, -0.15) is 0 Å². The van der Waals surface area contributed by atoms with E-state index in [1.807, 2.05) is 0 Å². The highest BCUT2D eigenvalue weighted by Gasteiger charge is 2.15. The Morgan fingerprint density at radius 3 is 1.12 bits per heavy atom. The second-order valence-electron chi connectivity index (χ2n) is 13.4. The zero-order chi connectivity index (χ0) is 29.5. The van der Waals surface area contributed by atoms with E-state index in [1.165, 1.54) is 212 Å². The quantitative estimate of drug-likeness (QED) is 0.0584. The smallest absolute Gasteiger partial charge is 0.234 e. The summed E-state index contributed by atoms with van der Waals surface area (Å²) in [6.45, 7) is 9.34. The zero-order valence-electron chi connectivity index (χ0n) is 28.9. The average Bonchev–Trinajstić information content (AvgIpc) is 3.36. The van der Waals surface area contributed by atoms with Crippen LogP contribution in [0, 0.1) is 0 Å². The zero-order valence-corrected chi connectivity index (χ0v) is 28.9. The lowest BCUT2D eigenvalue weighted by molar-refractivity contribution is -0.703. The van der Waals surface area contributed by atoms with Gasteiger partial charge in [0.2, 0.25) is 0 Å². The first-order chi connectivity index (χ1) is 20.3. The van der Waals surface area contributed by atoms with Crippen LogP contribution >= 0.6 is 0 Å². The van der Waals surface area contributed by atoms with Crippen LogP contribution in [0.4, 0.5) is 0 Å². The lowest BCUT2D eigenvalue weighted by Crippen LogP contribution is -2.37. The van der Waals surface area contributed by atoms with Gasteiger partial charge in [-0.25, -0.2) is 9.13 Å². The van der Waals surface area contributed by atoms with Gasteiger partial charge in [-0.15, -0.1) is 0 Å². The number of imidazole rings is 1. The number of aryl methyl sites for hydroxylation is 2. The van der Waals surface area contributed by atoms with E-state index in [0.717, 1.165) is 0 Å². The van der Waals surface area contributed by atoms with E-state index in [1.54, 1.807) is 5.82 Å². The minimum absolute atomic E-state index is 1.18. The predicted molar refractivity (Wildman–Crippen MR) is 184 cm³/mol. The summed E-state index contributed by atoms with van der Waals surface area (Å²) in [7, 11) is 0. The molecule has 1 rings (SSSR count). The van der Waals surface area contributed by atoms with Crippen LogP contribution in [-0.2, 0) is 19.5 Å². The Morgan fingerprint density at radius 2 is 0.756 bits per heavy atom. The molecule has 0 N–H and O–H groups in total. The predicted octanol–water partition coefficient (Wildman–Crippen LogP) is 13.1. The molecule has 0 spiro atoms. The van der Waals surface area contributed by atoms with Crippen molar-refractivity contribution >= 4 is 0 Å². The van der Waals surface area contributed by atoms with Gasteiger partial charge in [-0.3, -0.25) is 0 Å². The molecule has 0 aromatic carbocycles. The molecule has 0 bridgehead atoms. The first kappa shape index (κ1) is 38.2. The molecule has 0 unspecified atom stereocenters. The van der Waals surface area contributed by atoms with Gasteiger partial charge in [0.15, 0.2) is 0 Å². The highest BCUT2D eigenvalue weighted by molar-refractivity contribution is 4.84. The monoisotopic (exact) mass is 574 g/mol. The van der Waals surface area contributed by atoms with Gasteiger partial charge in [0.1, 0.15) is 12.4 Å². The molecule has 242 valence electrons. The molecular weight excluding hydrogens is 496 g/mol. The normalized spacial score (nSPS) is 11.6.